The molecule has 0 saturated heterocycles. The molecule has 3 N–H and O–H groups in total. The number of aromatic hydroxyl groups is 3. The van der Waals surface area contributed by atoms with E-state index in [9.17, 15) is 15.3 Å². The fourth-order valence-corrected chi connectivity index (χ4v) is 7.14. The molecule has 6 aromatic rings. The number of rotatable bonds is 15. The lowest BCUT2D eigenvalue weighted by Gasteiger charge is -2.22. The molecule has 0 spiro atoms. The van der Waals surface area contributed by atoms with Crippen LogP contribution in [-0.4, -0.2) is 93.1 Å². The van der Waals surface area contributed by atoms with Crippen molar-refractivity contribution in [2.75, 3.05) is 39.3 Å². The smallest absolute Gasteiger partial charge is 0.133 e. The van der Waals surface area contributed by atoms with E-state index in [1.165, 1.54) is 0 Å². The second-order valence-corrected chi connectivity index (χ2v) is 19.2. The van der Waals surface area contributed by atoms with E-state index in [4.69, 9.17) is 15.0 Å². The zero-order chi connectivity index (χ0) is 46.1. The summed E-state index contributed by atoms with van der Waals surface area (Å²) in [5.74, 6) is 0.433. The normalized spacial score (nSPS) is 12.7. The SMILES string of the molecule is CC(C)(C)c1cc(C=NCCN(CCN=Cc2cc(C(C)(C)C)cc(-c3ccccn3)c2O)CCN=Cc2cc(C(C)(C)C)cc(-c3ccccn3)c2O)c(O)c(-c2ccccn2)c1. The maximum atomic E-state index is 11.4. The van der Waals surface area contributed by atoms with Crippen molar-refractivity contribution in [2.24, 2.45) is 15.0 Å². The van der Waals surface area contributed by atoms with Gasteiger partial charge in [-0.15, -0.1) is 0 Å². The van der Waals surface area contributed by atoms with Crippen LogP contribution in [0.5, 0.6) is 17.2 Å². The van der Waals surface area contributed by atoms with Gasteiger partial charge in [-0.05, 0) is 106 Å². The van der Waals surface area contributed by atoms with Crippen LogP contribution in [0, 0.1) is 0 Å². The monoisotopic (exact) mass is 857 g/mol. The molecule has 3 heterocycles. The van der Waals surface area contributed by atoms with E-state index in [2.05, 4.69) is 82.2 Å². The van der Waals surface area contributed by atoms with Crippen molar-refractivity contribution in [1.29, 1.82) is 0 Å². The first kappa shape index (κ1) is 47.0. The molecule has 10 nitrogen and oxygen atoms in total. The molecule has 0 unspecified atom stereocenters. The number of aromatic nitrogens is 3. The van der Waals surface area contributed by atoms with Gasteiger partial charge in [-0.3, -0.25) is 34.8 Å². The predicted octanol–water partition coefficient (Wildman–Crippen LogP) is 10.8. The largest absolute Gasteiger partial charge is 0.507 e. The van der Waals surface area contributed by atoms with Crippen molar-refractivity contribution in [2.45, 2.75) is 78.6 Å². The van der Waals surface area contributed by atoms with Gasteiger partial charge in [-0.25, -0.2) is 0 Å². The first-order chi connectivity index (χ1) is 30.4. The maximum Gasteiger partial charge on any atom is 0.133 e. The number of aliphatic imine (C=N–C) groups is 3. The average Bonchev–Trinajstić information content (AvgIpc) is 3.26. The summed E-state index contributed by atoms with van der Waals surface area (Å²) in [5, 5.41) is 34.3. The number of phenolic OH excluding ortho intramolecular Hbond substituents is 3. The van der Waals surface area contributed by atoms with Crippen LogP contribution in [0.1, 0.15) is 95.7 Å². The molecule has 0 aliphatic rings. The van der Waals surface area contributed by atoms with Crippen LogP contribution >= 0.6 is 0 Å². The standard InChI is InChI=1S/C54H63N7O3/c1-52(2,3)40-28-37(49(62)43(31-40)46-16-10-13-19-58-46)34-55-22-25-61(26-23-56-35-38-29-41(53(4,5)6)32-44(50(38)63)47-17-11-14-20-59-47)27-24-57-36-39-30-42(54(7,8)9)33-45(51(39)64)48-18-12-15-21-60-48/h10-21,28-36,62-64H,22-27H2,1-9H3. The molecule has 332 valence electrons. The van der Waals surface area contributed by atoms with E-state index in [0.29, 0.717) is 89.7 Å². The third kappa shape index (κ3) is 12.1. The Hall–Kier alpha value is -6.52. The Bertz CT molecular complexity index is 2300. The van der Waals surface area contributed by atoms with Gasteiger partial charge in [-0.2, -0.15) is 0 Å². The van der Waals surface area contributed by atoms with Crippen molar-refractivity contribution in [1.82, 2.24) is 19.9 Å². The Labute approximate surface area is 379 Å². The highest BCUT2D eigenvalue weighted by molar-refractivity contribution is 5.90. The van der Waals surface area contributed by atoms with E-state index in [0.717, 1.165) is 16.7 Å². The highest BCUT2D eigenvalue weighted by atomic mass is 16.3. The summed E-state index contributed by atoms with van der Waals surface area (Å²) >= 11 is 0. The molecule has 0 aliphatic heterocycles. The number of hydrogen-bond acceptors (Lipinski definition) is 10. The summed E-state index contributed by atoms with van der Waals surface area (Å²) in [4.78, 5) is 30.2. The van der Waals surface area contributed by atoms with Gasteiger partial charge in [0.05, 0.1) is 36.7 Å². The Morgan fingerprint density at radius 2 is 0.719 bits per heavy atom. The molecule has 6 rings (SSSR count). The number of nitrogens with zero attached hydrogens (tertiary/aromatic N) is 7. The van der Waals surface area contributed by atoms with Gasteiger partial charge < -0.3 is 15.3 Å². The summed E-state index contributed by atoms with van der Waals surface area (Å²) < 4.78 is 0. The van der Waals surface area contributed by atoms with Crippen molar-refractivity contribution < 1.29 is 15.3 Å². The lowest BCUT2D eigenvalue weighted by atomic mass is 9.84. The third-order valence-corrected chi connectivity index (χ3v) is 11.2. The molecule has 0 bridgehead atoms. The summed E-state index contributed by atoms with van der Waals surface area (Å²) in [6.45, 7) is 22.6. The van der Waals surface area contributed by atoms with Crippen LogP contribution in [0.25, 0.3) is 33.8 Å². The fourth-order valence-electron chi connectivity index (χ4n) is 7.14. The first-order valence-electron chi connectivity index (χ1n) is 22.0. The maximum absolute atomic E-state index is 11.4. The van der Waals surface area contributed by atoms with Crippen molar-refractivity contribution >= 4 is 18.6 Å². The van der Waals surface area contributed by atoms with E-state index in [1.807, 2.05) is 91.0 Å². The molecule has 0 atom stereocenters. The van der Waals surface area contributed by atoms with Crippen LogP contribution in [0.2, 0.25) is 0 Å². The molecule has 10 heteroatoms. The highest BCUT2D eigenvalue weighted by Gasteiger charge is 2.22. The Morgan fingerprint density at radius 1 is 0.438 bits per heavy atom. The lowest BCUT2D eigenvalue weighted by molar-refractivity contribution is 0.298. The summed E-state index contributed by atoms with van der Waals surface area (Å²) in [7, 11) is 0. The van der Waals surface area contributed by atoms with E-state index >= 15 is 0 Å². The number of hydrogen-bond donors (Lipinski definition) is 3. The Balaban J connectivity index is 1.24. The molecule has 0 fully saturated rings. The number of benzene rings is 3. The molecule has 0 radical (unpaired) electrons. The highest BCUT2D eigenvalue weighted by Crippen LogP contribution is 2.38. The molecule has 0 aliphatic carbocycles. The van der Waals surface area contributed by atoms with Crippen molar-refractivity contribution in [3.63, 3.8) is 0 Å². The minimum absolute atomic E-state index is 0.144. The minimum Gasteiger partial charge on any atom is -0.507 e. The summed E-state index contributed by atoms with van der Waals surface area (Å²) in [6, 6.07) is 29.0. The van der Waals surface area contributed by atoms with Crippen LogP contribution in [0.4, 0.5) is 0 Å². The van der Waals surface area contributed by atoms with Crippen molar-refractivity contribution in [3.05, 3.63) is 143 Å². The topological polar surface area (TPSA) is 140 Å². The van der Waals surface area contributed by atoms with E-state index in [1.54, 1.807) is 37.2 Å². The first-order valence-corrected chi connectivity index (χ1v) is 22.0. The van der Waals surface area contributed by atoms with Gasteiger partial charge in [0, 0.05) is 90.2 Å². The lowest BCUT2D eigenvalue weighted by Crippen LogP contribution is -2.31. The van der Waals surface area contributed by atoms with Crippen LogP contribution in [0.15, 0.2) is 125 Å². The minimum atomic E-state index is -0.159. The zero-order valence-corrected chi connectivity index (χ0v) is 38.8. The summed E-state index contributed by atoms with van der Waals surface area (Å²) in [5.41, 5.74) is 8.76. The van der Waals surface area contributed by atoms with Gasteiger partial charge in [0.2, 0.25) is 0 Å². The quantitative estimate of drug-likeness (QED) is 0.0874. The van der Waals surface area contributed by atoms with Gasteiger partial charge in [0.25, 0.3) is 0 Å². The van der Waals surface area contributed by atoms with Crippen LogP contribution < -0.4 is 0 Å². The van der Waals surface area contributed by atoms with Gasteiger partial charge in [0.1, 0.15) is 17.2 Å². The molecule has 0 saturated carbocycles. The van der Waals surface area contributed by atoms with E-state index in [-0.39, 0.29) is 33.5 Å². The van der Waals surface area contributed by atoms with Crippen LogP contribution in [0.3, 0.4) is 0 Å². The van der Waals surface area contributed by atoms with Gasteiger partial charge in [-0.1, -0.05) is 80.5 Å². The average molecular weight is 858 g/mol. The molecule has 3 aromatic heterocycles. The molecule has 0 amide bonds. The van der Waals surface area contributed by atoms with E-state index < -0.39 is 0 Å². The molecular formula is C54H63N7O3. The molecular weight excluding hydrogens is 795 g/mol. The molecule has 64 heavy (non-hydrogen) atoms. The number of phenols is 3. The second-order valence-electron chi connectivity index (χ2n) is 19.2. The molecule has 3 aromatic carbocycles. The number of pyridine rings is 3. The summed E-state index contributed by atoms with van der Waals surface area (Å²) in [6.07, 6.45) is 10.4. The predicted molar refractivity (Wildman–Crippen MR) is 264 cm³/mol. The van der Waals surface area contributed by atoms with Crippen molar-refractivity contribution in [3.8, 4) is 51.0 Å². The Morgan fingerprint density at radius 3 is 0.953 bits per heavy atom. The van der Waals surface area contributed by atoms with Gasteiger partial charge in [0.15, 0.2) is 0 Å². The van der Waals surface area contributed by atoms with Crippen LogP contribution in [-0.2, 0) is 16.2 Å². The second kappa shape index (κ2) is 20.3. The van der Waals surface area contributed by atoms with Gasteiger partial charge >= 0.3 is 0 Å². The Kier molecular flexibility index (Phi) is 14.9. The zero-order valence-electron chi connectivity index (χ0n) is 38.8. The fraction of sp³-hybridized carbons (Fsp3) is 0.333. The third-order valence-electron chi connectivity index (χ3n) is 11.2.